The summed E-state index contributed by atoms with van der Waals surface area (Å²) in [5.74, 6) is 0. The summed E-state index contributed by atoms with van der Waals surface area (Å²) in [7, 11) is 1.75. The van der Waals surface area contributed by atoms with Crippen LogP contribution < -0.4 is 0 Å². The zero-order valence-corrected chi connectivity index (χ0v) is 9.68. The lowest BCUT2D eigenvalue weighted by Gasteiger charge is -2.28. The van der Waals surface area contributed by atoms with Gasteiger partial charge in [0.2, 0.25) is 0 Å². The van der Waals surface area contributed by atoms with E-state index in [0.29, 0.717) is 0 Å². The Morgan fingerprint density at radius 3 is 2.38 bits per heavy atom. The van der Waals surface area contributed by atoms with Gasteiger partial charge in [0, 0.05) is 31.4 Å². The first-order valence-corrected chi connectivity index (χ1v) is 5.11. The predicted molar refractivity (Wildman–Crippen MR) is 58.5 cm³/mol. The molecule has 0 aromatic heterocycles. The monoisotopic (exact) mass is 185 g/mol. The van der Waals surface area contributed by atoms with E-state index in [0.717, 1.165) is 26.0 Å². The number of methoxy groups -OCH3 is 1. The van der Waals surface area contributed by atoms with E-state index in [1.54, 1.807) is 7.11 Å². The molecule has 0 bridgehead atoms. The van der Waals surface area contributed by atoms with Gasteiger partial charge in [-0.25, -0.2) is 0 Å². The van der Waals surface area contributed by atoms with Crippen LogP contribution in [0.2, 0.25) is 0 Å². The topological polar surface area (TPSA) is 21.6 Å². The Morgan fingerprint density at radius 2 is 2.00 bits per heavy atom. The van der Waals surface area contributed by atoms with Crippen molar-refractivity contribution in [1.82, 2.24) is 0 Å². The molecule has 0 aromatic carbocycles. The summed E-state index contributed by atoms with van der Waals surface area (Å²) in [6.45, 7) is 10.4. The van der Waals surface area contributed by atoms with Gasteiger partial charge in [-0.1, -0.05) is 13.8 Å². The van der Waals surface area contributed by atoms with Crippen LogP contribution in [0.25, 0.3) is 0 Å². The quantitative estimate of drug-likeness (QED) is 0.583. The predicted octanol–water partition coefficient (Wildman–Crippen LogP) is 2.92. The summed E-state index contributed by atoms with van der Waals surface area (Å²) in [6.07, 6.45) is 2.20. The first kappa shape index (κ1) is 12.6. The van der Waals surface area contributed by atoms with E-state index >= 15 is 0 Å². The Bertz CT molecular complexity index is 165. The first-order valence-electron chi connectivity index (χ1n) is 5.11. The molecule has 0 fully saturated rings. The van der Waals surface area contributed by atoms with E-state index in [1.165, 1.54) is 5.71 Å². The van der Waals surface area contributed by atoms with Gasteiger partial charge in [0.05, 0.1) is 0 Å². The van der Waals surface area contributed by atoms with Crippen molar-refractivity contribution in [2.45, 2.75) is 40.5 Å². The Kier molecular flexibility index (Phi) is 5.97. The van der Waals surface area contributed by atoms with Gasteiger partial charge in [-0.2, -0.15) is 0 Å². The standard InChI is InChI=1S/C11H23NO/c1-6-11(4,8-9-13-5)10(3)12-7-2/h6-9H2,1-5H3. The molecule has 1 unspecified atom stereocenters. The van der Waals surface area contributed by atoms with Crippen LogP contribution in [0.5, 0.6) is 0 Å². The molecule has 0 aliphatic heterocycles. The van der Waals surface area contributed by atoms with Gasteiger partial charge >= 0.3 is 0 Å². The van der Waals surface area contributed by atoms with E-state index in [9.17, 15) is 0 Å². The third kappa shape index (κ3) is 3.90. The Labute approximate surface area is 82.4 Å². The normalized spacial score (nSPS) is 17.2. The fraction of sp³-hybridized carbons (Fsp3) is 0.909. The van der Waals surface area contributed by atoms with Crippen LogP contribution in [0, 0.1) is 5.41 Å². The molecular weight excluding hydrogens is 162 g/mol. The van der Waals surface area contributed by atoms with Crippen LogP contribution in [0.15, 0.2) is 4.99 Å². The lowest BCUT2D eigenvalue weighted by atomic mass is 9.80. The molecule has 0 rings (SSSR count). The van der Waals surface area contributed by atoms with E-state index < -0.39 is 0 Å². The molecule has 0 radical (unpaired) electrons. The smallest absolute Gasteiger partial charge is 0.0471 e. The van der Waals surface area contributed by atoms with Crippen molar-refractivity contribution in [1.29, 1.82) is 0 Å². The van der Waals surface area contributed by atoms with E-state index in [2.05, 4.69) is 32.7 Å². The van der Waals surface area contributed by atoms with Crippen molar-refractivity contribution in [2.75, 3.05) is 20.3 Å². The molecule has 0 heterocycles. The van der Waals surface area contributed by atoms with Crippen molar-refractivity contribution < 1.29 is 4.74 Å². The highest BCUT2D eigenvalue weighted by atomic mass is 16.5. The number of hydrogen-bond donors (Lipinski definition) is 0. The molecule has 0 saturated carbocycles. The van der Waals surface area contributed by atoms with Crippen molar-refractivity contribution in [3.63, 3.8) is 0 Å². The summed E-state index contributed by atoms with van der Waals surface area (Å²) in [5.41, 5.74) is 1.49. The molecule has 13 heavy (non-hydrogen) atoms. The highest BCUT2D eigenvalue weighted by Crippen LogP contribution is 2.27. The summed E-state index contributed by atoms with van der Waals surface area (Å²) < 4.78 is 5.11. The van der Waals surface area contributed by atoms with Gasteiger partial charge in [0.15, 0.2) is 0 Å². The van der Waals surface area contributed by atoms with Crippen molar-refractivity contribution >= 4 is 5.71 Å². The fourth-order valence-electron chi connectivity index (χ4n) is 1.37. The average Bonchev–Trinajstić information content (AvgIpc) is 2.14. The molecule has 0 N–H and O–H groups in total. The minimum atomic E-state index is 0.228. The maximum atomic E-state index is 5.11. The Hall–Kier alpha value is -0.370. The molecular formula is C11H23NO. The minimum Gasteiger partial charge on any atom is -0.385 e. The van der Waals surface area contributed by atoms with Crippen molar-refractivity contribution in [2.24, 2.45) is 10.4 Å². The summed E-state index contributed by atoms with van der Waals surface area (Å²) in [5, 5.41) is 0. The van der Waals surface area contributed by atoms with Gasteiger partial charge in [0.1, 0.15) is 0 Å². The summed E-state index contributed by atoms with van der Waals surface area (Å²) in [4.78, 5) is 4.48. The zero-order valence-electron chi connectivity index (χ0n) is 9.68. The highest BCUT2D eigenvalue weighted by Gasteiger charge is 2.24. The molecule has 0 aliphatic rings. The first-order chi connectivity index (χ1) is 6.10. The molecule has 1 atom stereocenters. The van der Waals surface area contributed by atoms with E-state index in [4.69, 9.17) is 4.74 Å². The van der Waals surface area contributed by atoms with E-state index in [-0.39, 0.29) is 5.41 Å². The molecule has 0 amide bonds. The molecule has 2 nitrogen and oxygen atoms in total. The number of ether oxygens (including phenoxy) is 1. The second-order valence-corrected chi connectivity index (χ2v) is 3.72. The fourth-order valence-corrected chi connectivity index (χ4v) is 1.37. The largest absolute Gasteiger partial charge is 0.385 e. The highest BCUT2D eigenvalue weighted by molar-refractivity contribution is 5.87. The van der Waals surface area contributed by atoms with Crippen LogP contribution in [0.1, 0.15) is 40.5 Å². The van der Waals surface area contributed by atoms with Crippen LogP contribution in [0.3, 0.4) is 0 Å². The van der Waals surface area contributed by atoms with Crippen molar-refractivity contribution in [3.8, 4) is 0 Å². The lowest BCUT2D eigenvalue weighted by Crippen LogP contribution is -2.26. The molecule has 0 aliphatic carbocycles. The van der Waals surface area contributed by atoms with Crippen molar-refractivity contribution in [3.05, 3.63) is 0 Å². The Morgan fingerprint density at radius 1 is 1.38 bits per heavy atom. The molecule has 0 spiro atoms. The van der Waals surface area contributed by atoms with Crippen LogP contribution in [-0.2, 0) is 4.74 Å². The maximum absolute atomic E-state index is 5.11. The van der Waals surface area contributed by atoms with Gasteiger partial charge < -0.3 is 4.74 Å². The van der Waals surface area contributed by atoms with Gasteiger partial charge in [-0.3, -0.25) is 4.99 Å². The third-order valence-corrected chi connectivity index (χ3v) is 2.91. The maximum Gasteiger partial charge on any atom is 0.0471 e. The molecule has 0 saturated heterocycles. The third-order valence-electron chi connectivity index (χ3n) is 2.91. The molecule has 78 valence electrons. The lowest BCUT2D eigenvalue weighted by molar-refractivity contribution is 0.166. The number of rotatable bonds is 6. The molecule has 0 aromatic rings. The van der Waals surface area contributed by atoms with Crippen LogP contribution in [0.4, 0.5) is 0 Å². The van der Waals surface area contributed by atoms with E-state index in [1.807, 2.05) is 0 Å². The summed E-state index contributed by atoms with van der Waals surface area (Å²) in [6, 6.07) is 0. The van der Waals surface area contributed by atoms with Gasteiger partial charge in [-0.05, 0) is 26.7 Å². The van der Waals surface area contributed by atoms with Crippen LogP contribution in [-0.4, -0.2) is 26.0 Å². The molecule has 2 heteroatoms. The van der Waals surface area contributed by atoms with Crippen LogP contribution >= 0.6 is 0 Å². The zero-order chi connectivity index (χ0) is 10.3. The number of hydrogen-bond acceptors (Lipinski definition) is 2. The minimum absolute atomic E-state index is 0.228. The SMILES string of the molecule is CCN=C(C)C(C)(CC)CCOC. The Balaban J connectivity index is 4.33. The van der Waals surface area contributed by atoms with Gasteiger partial charge in [0.25, 0.3) is 0 Å². The van der Waals surface area contributed by atoms with Gasteiger partial charge in [-0.15, -0.1) is 0 Å². The summed E-state index contributed by atoms with van der Waals surface area (Å²) >= 11 is 0. The second kappa shape index (κ2) is 6.14. The number of nitrogens with zero attached hydrogens (tertiary/aromatic N) is 1. The average molecular weight is 185 g/mol. The number of aliphatic imine (C=N–C) groups is 1. The second-order valence-electron chi connectivity index (χ2n) is 3.72.